The number of fused-ring (bicyclic) bond motifs is 1. The number of hydrogen-bond donors (Lipinski definition) is 1. The maximum Gasteiger partial charge on any atom is 0.106 e. The molecule has 0 radical (unpaired) electrons. The first kappa shape index (κ1) is 13.7. The van der Waals surface area contributed by atoms with Crippen molar-refractivity contribution in [1.82, 2.24) is 4.98 Å². The lowest BCUT2D eigenvalue weighted by Gasteiger charge is -2.16. The third-order valence-electron chi connectivity index (χ3n) is 3.26. The van der Waals surface area contributed by atoms with Gasteiger partial charge in [-0.05, 0) is 35.2 Å². The van der Waals surface area contributed by atoms with Crippen molar-refractivity contribution in [3.8, 4) is 0 Å². The summed E-state index contributed by atoms with van der Waals surface area (Å²) in [6.45, 7) is 0. The number of aliphatic hydroxyl groups excluding tert-OH is 1. The minimum Gasteiger partial charge on any atom is -0.384 e. The van der Waals surface area contributed by atoms with E-state index in [9.17, 15) is 5.11 Å². The zero-order valence-corrected chi connectivity index (χ0v) is 13.6. The van der Waals surface area contributed by atoms with E-state index in [2.05, 4.69) is 36.8 Å². The van der Waals surface area contributed by atoms with Gasteiger partial charge in [-0.15, -0.1) is 0 Å². The molecular weight excluding hydrogens is 382 g/mol. The molecule has 0 bridgehead atoms. The summed E-state index contributed by atoms with van der Waals surface area (Å²) in [4.78, 5) is 4.12. The fraction of sp³-hybridized carbons (Fsp3) is 0.0625. The van der Waals surface area contributed by atoms with Crippen LogP contribution in [-0.2, 0) is 0 Å². The number of aliphatic hydroxyl groups is 1. The van der Waals surface area contributed by atoms with E-state index in [1.165, 1.54) is 0 Å². The zero-order valence-electron chi connectivity index (χ0n) is 10.4. The smallest absolute Gasteiger partial charge is 0.106 e. The molecular formula is C16H11Br2NO. The largest absolute Gasteiger partial charge is 0.384 e. The maximum atomic E-state index is 10.7. The molecule has 3 aromatic rings. The molecule has 0 aliphatic carbocycles. The Kier molecular flexibility index (Phi) is 3.87. The molecule has 1 aromatic heterocycles. The highest BCUT2D eigenvalue weighted by Gasteiger charge is 2.16. The number of aromatic nitrogens is 1. The molecule has 4 heteroatoms. The second-order valence-corrected chi connectivity index (χ2v) is 6.28. The molecule has 0 aliphatic heterocycles. The summed E-state index contributed by atoms with van der Waals surface area (Å²) < 4.78 is 1.83. The quantitative estimate of drug-likeness (QED) is 0.676. The topological polar surface area (TPSA) is 33.1 Å². The highest BCUT2D eigenvalue weighted by Crippen LogP contribution is 2.33. The van der Waals surface area contributed by atoms with E-state index in [1.54, 1.807) is 6.20 Å². The minimum atomic E-state index is -0.687. The summed E-state index contributed by atoms with van der Waals surface area (Å²) in [6, 6.07) is 13.6. The van der Waals surface area contributed by atoms with E-state index in [-0.39, 0.29) is 0 Å². The van der Waals surface area contributed by atoms with Gasteiger partial charge in [0.1, 0.15) is 6.10 Å². The summed E-state index contributed by atoms with van der Waals surface area (Å²) in [7, 11) is 0. The molecule has 0 aliphatic rings. The minimum absolute atomic E-state index is 0.687. The van der Waals surface area contributed by atoms with Crippen LogP contribution in [0.4, 0.5) is 0 Å². The van der Waals surface area contributed by atoms with Crippen molar-refractivity contribution in [3.63, 3.8) is 0 Å². The van der Waals surface area contributed by atoms with E-state index in [0.29, 0.717) is 0 Å². The highest BCUT2D eigenvalue weighted by atomic mass is 79.9. The first-order valence-electron chi connectivity index (χ1n) is 6.12. The lowest BCUT2D eigenvalue weighted by Crippen LogP contribution is -2.01. The van der Waals surface area contributed by atoms with Gasteiger partial charge in [-0.3, -0.25) is 4.98 Å². The number of hydrogen-bond acceptors (Lipinski definition) is 2. The van der Waals surface area contributed by atoms with Gasteiger partial charge in [0.2, 0.25) is 0 Å². The molecule has 20 heavy (non-hydrogen) atoms. The predicted molar refractivity (Wildman–Crippen MR) is 87.6 cm³/mol. The lowest BCUT2D eigenvalue weighted by molar-refractivity contribution is 0.221. The first-order chi connectivity index (χ1) is 9.66. The van der Waals surface area contributed by atoms with E-state index in [1.807, 2.05) is 48.7 Å². The summed E-state index contributed by atoms with van der Waals surface area (Å²) in [5, 5.41) is 12.8. The van der Waals surface area contributed by atoms with E-state index in [4.69, 9.17) is 0 Å². The van der Waals surface area contributed by atoms with Gasteiger partial charge in [-0.25, -0.2) is 0 Å². The lowest BCUT2D eigenvalue weighted by atomic mass is 9.97. The summed E-state index contributed by atoms with van der Waals surface area (Å²) >= 11 is 6.94. The molecule has 3 rings (SSSR count). The van der Waals surface area contributed by atoms with Gasteiger partial charge in [0.25, 0.3) is 0 Å². The second-order valence-electron chi connectivity index (χ2n) is 4.51. The van der Waals surface area contributed by atoms with Crippen LogP contribution in [0.1, 0.15) is 17.2 Å². The Balaban J connectivity index is 2.17. The van der Waals surface area contributed by atoms with Crippen LogP contribution < -0.4 is 0 Å². The standard InChI is InChI=1S/C16H11Br2NO/c17-11-4-5-15(18)14(8-11)16(20)13-3-1-2-10-9-19-7-6-12(10)13/h1-9,16,20H. The Morgan fingerprint density at radius 2 is 1.85 bits per heavy atom. The van der Waals surface area contributed by atoms with Crippen molar-refractivity contribution in [1.29, 1.82) is 0 Å². The Bertz CT molecular complexity index is 768. The number of nitrogens with zero attached hydrogens (tertiary/aromatic N) is 1. The van der Waals surface area contributed by atoms with Gasteiger partial charge in [0.15, 0.2) is 0 Å². The zero-order chi connectivity index (χ0) is 14.1. The number of pyridine rings is 1. The summed E-state index contributed by atoms with van der Waals surface area (Å²) in [5.74, 6) is 0. The second kappa shape index (κ2) is 5.64. The molecule has 2 aromatic carbocycles. The average molecular weight is 393 g/mol. The monoisotopic (exact) mass is 391 g/mol. The molecule has 0 spiro atoms. The van der Waals surface area contributed by atoms with Crippen LogP contribution in [-0.4, -0.2) is 10.1 Å². The van der Waals surface area contributed by atoms with Crippen molar-refractivity contribution in [3.05, 3.63) is 74.9 Å². The normalized spacial score (nSPS) is 12.6. The fourth-order valence-electron chi connectivity index (χ4n) is 2.28. The van der Waals surface area contributed by atoms with Crippen LogP contribution in [0.15, 0.2) is 63.8 Å². The molecule has 1 heterocycles. The molecule has 0 amide bonds. The average Bonchev–Trinajstić information content (AvgIpc) is 2.48. The van der Waals surface area contributed by atoms with Crippen LogP contribution in [0.5, 0.6) is 0 Å². The molecule has 1 unspecified atom stereocenters. The van der Waals surface area contributed by atoms with E-state index >= 15 is 0 Å². The van der Waals surface area contributed by atoms with Crippen LogP contribution in [0, 0.1) is 0 Å². The SMILES string of the molecule is OC(c1cc(Br)ccc1Br)c1cccc2cnccc12. The van der Waals surface area contributed by atoms with Crippen molar-refractivity contribution in [2.45, 2.75) is 6.10 Å². The number of benzene rings is 2. The van der Waals surface area contributed by atoms with Crippen molar-refractivity contribution >= 4 is 42.6 Å². The fourth-order valence-corrected chi connectivity index (χ4v) is 3.12. The van der Waals surface area contributed by atoms with Gasteiger partial charge < -0.3 is 5.11 Å². The Morgan fingerprint density at radius 3 is 2.70 bits per heavy atom. The predicted octanol–water partition coefficient (Wildman–Crippen LogP) is 4.84. The summed E-state index contributed by atoms with van der Waals surface area (Å²) in [6.07, 6.45) is 2.86. The molecule has 0 saturated heterocycles. The number of halogens is 2. The summed E-state index contributed by atoms with van der Waals surface area (Å²) in [5.41, 5.74) is 1.72. The Hall–Kier alpha value is -1.23. The molecule has 0 fully saturated rings. The highest BCUT2D eigenvalue weighted by molar-refractivity contribution is 9.11. The molecule has 1 N–H and O–H groups in total. The van der Waals surface area contributed by atoms with Crippen LogP contribution in [0.2, 0.25) is 0 Å². The molecule has 2 nitrogen and oxygen atoms in total. The third kappa shape index (κ3) is 2.51. The molecule has 100 valence electrons. The maximum absolute atomic E-state index is 10.7. The van der Waals surface area contributed by atoms with Gasteiger partial charge >= 0.3 is 0 Å². The van der Waals surface area contributed by atoms with Crippen LogP contribution in [0.3, 0.4) is 0 Å². The van der Waals surface area contributed by atoms with Crippen molar-refractivity contribution < 1.29 is 5.11 Å². The Labute approximate surface area is 133 Å². The van der Waals surface area contributed by atoms with E-state index in [0.717, 1.165) is 30.8 Å². The van der Waals surface area contributed by atoms with Gasteiger partial charge in [0.05, 0.1) is 0 Å². The van der Waals surface area contributed by atoms with Crippen molar-refractivity contribution in [2.75, 3.05) is 0 Å². The van der Waals surface area contributed by atoms with Gasteiger partial charge in [0, 0.05) is 32.3 Å². The Morgan fingerprint density at radius 1 is 1.00 bits per heavy atom. The first-order valence-corrected chi connectivity index (χ1v) is 7.71. The van der Waals surface area contributed by atoms with Crippen LogP contribution >= 0.6 is 31.9 Å². The van der Waals surface area contributed by atoms with E-state index < -0.39 is 6.10 Å². The number of rotatable bonds is 2. The molecule has 0 saturated carbocycles. The van der Waals surface area contributed by atoms with Gasteiger partial charge in [-0.1, -0.05) is 50.1 Å². The third-order valence-corrected chi connectivity index (χ3v) is 4.48. The van der Waals surface area contributed by atoms with Crippen LogP contribution in [0.25, 0.3) is 10.8 Å². The molecule has 1 atom stereocenters. The van der Waals surface area contributed by atoms with Crippen molar-refractivity contribution in [2.24, 2.45) is 0 Å². The van der Waals surface area contributed by atoms with Gasteiger partial charge in [-0.2, -0.15) is 0 Å².